The first kappa shape index (κ1) is 10.2. The van der Waals surface area contributed by atoms with Crippen molar-refractivity contribution in [3.63, 3.8) is 0 Å². The van der Waals surface area contributed by atoms with E-state index in [1.54, 1.807) is 0 Å². The molecule has 0 radical (unpaired) electrons. The van der Waals surface area contributed by atoms with E-state index in [0.29, 0.717) is 24.4 Å². The summed E-state index contributed by atoms with van der Waals surface area (Å²) in [5, 5.41) is 3.37. The van der Waals surface area contributed by atoms with Crippen LogP contribution in [0, 0.1) is 0 Å². The molecule has 0 aromatic rings. The molecule has 0 aromatic carbocycles. The highest BCUT2D eigenvalue weighted by molar-refractivity contribution is 9.11. The normalized spacial score (nSPS) is 30.9. The Morgan fingerprint density at radius 1 is 1.71 bits per heavy atom. The number of carbonyl (C=O) groups excluding carboxylic acids is 1. The van der Waals surface area contributed by atoms with Crippen molar-refractivity contribution in [2.45, 2.75) is 31.3 Å². The smallest absolute Gasteiger partial charge is 0.224 e. The van der Waals surface area contributed by atoms with Crippen molar-refractivity contribution in [1.82, 2.24) is 10.2 Å². The first-order valence-corrected chi connectivity index (χ1v) is 5.84. The van der Waals surface area contributed by atoms with E-state index in [1.165, 1.54) is 0 Å². The molecule has 0 saturated carbocycles. The Labute approximate surface area is 92.7 Å². The molecule has 0 aliphatic carbocycles. The standard InChI is InChI=1S/C10H15BrN2O/c1-7(11)6-12-8-5-10(14)13-4-2-3-9(8)13/h8-9,12H,1-6H2. The number of amides is 1. The van der Waals surface area contributed by atoms with Gasteiger partial charge in [0, 0.05) is 36.1 Å². The summed E-state index contributed by atoms with van der Waals surface area (Å²) in [4.78, 5) is 13.6. The lowest BCUT2D eigenvalue weighted by Gasteiger charge is -2.20. The van der Waals surface area contributed by atoms with Crippen LogP contribution >= 0.6 is 15.9 Å². The molecule has 2 unspecified atom stereocenters. The highest BCUT2D eigenvalue weighted by atomic mass is 79.9. The van der Waals surface area contributed by atoms with Crippen molar-refractivity contribution in [3.05, 3.63) is 11.1 Å². The van der Waals surface area contributed by atoms with Gasteiger partial charge in [-0.15, -0.1) is 0 Å². The van der Waals surface area contributed by atoms with Crippen molar-refractivity contribution >= 4 is 21.8 Å². The molecule has 14 heavy (non-hydrogen) atoms. The second kappa shape index (κ2) is 4.03. The van der Waals surface area contributed by atoms with Gasteiger partial charge < -0.3 is 10.2 Å². The minimum absolute atomic E-state index is 0.310. The lowest BCUT2D eigenvalue weighted by atomic mass is 10.1. The number of hydrogen-bond acceptors (Lipinski definition) is 2. The summed E-state index contributed by atoms with van der Waals surface area (Å²) < 4.78 is 0.946. The summed E-state index contributed by atoms with van der Waals surface area (Å²) in [7, 11) is 0. The number of nitrogens with one attached hydrogen (secondary N) is 1. The van der Waals surface area contributed by atoms with E-state index in [1.807, 2.05) is 4.90 Å². The van der Waals surface area contributed by atoms with Gasteiger partial charge in [0.05, 0.1) is 0 Å². The average molecular weight is 259 g/mol. The van der Waals surface area contributed by atoms with Crippen molar-refractivity contribution < 1.29 is 4.79 Å². The number of hydrogen-bond donors (Lipinski definition) is 1. The van der Waals surface area contributed by atoms with Crippen molar-refractivity contribution in [2.24, 2.45) is 0 Å². The zero-order chi connectivity index (χ0) is 10.1. The van der Waals surface area contributed by atoms with Crippen LogP contribution in [0.15, 0.2) is 11.1 Å². The molecule has 3 nitrogen and oxygen atoms in total. The van der Waals surface area contributed by atoms with E-state index in [9.17, 15) is 4.79 Å². The van der Waals surface area contributed by atoms with Crippen LogP contribution in [0.4, 0.5) is 0 Å². The first-order valence-electron chi connectivity index (χ1n) is 5.04. The van der Waals surface area contributed by atoms with Gasteiger partial charge in [0.15, 0.2) is 0 Å². The lowest BCUT2D eigenvalue weighted by molar-refractivity contribution is -0.127. The largest absolute Gasteiger partial charge is 0.338 e. The van der Waals surface area contributed by atoms with Gasteiger partial charge in [0.2, 0.25) is 5.91 Å². The molecule has 78 valence electrons. The summed E-state index contributed by atoms with van der Waals surface area (Å²) >= 11 is 3.31. The van der Waals surface area contributed by atoms with E-state index in [-0.39, 0.29) is 0 Å². The molecule has 2 saturated heterocycles. The van der Waals surface area contributed by atoms with Gasteiger partial charge in [0.25, 0.3) is 0 Å². The highest BCUT2D eigenvalue weighted by Gasteiger charge is 2.41. The third-order valence-electron chi connectivity index (χ3n) is 3.03. The van der Waals surface area contributed by atoms with E-state index in [0.717, 1.165) is 30.4 Å². The second-order valence-corrected chi connectivity index (χ2v) is 5.13. The molecule has 2 aliphatic heterocycles. The van der Waals surface area contributed by atoms with E-state index in [4.69, 9.17) is 0 Å². The molecule has 0 spiro atoms. The van der Waals surface area contributed by atoms with Gasteiger partial charge in [-0.3, -0.25) is 4.79 Å². The Morgan fingerprint density at radius 3 is 3.21 bits per heavy atom. The van der Waals surface area contributed by atoms with Crippen LogP contribution in [-0.2, 0) is 4.79 Å². The zero-order valence-electron chi connectivity index (χ0n) is 8.13. The topological polar surface area (TPSA) is 32.3 Å². The van der Waals surface area contributed by atoms with Crippen LogP contribution in [0.5, 0.6) is 0 Å². The molecular weight excluding hydrogens is 244 g/mol. The predicted octanol–water partition coefficient (Wildman–Crippen LogP) is 1.25. The third kappa shape index (κ3) is 1.86. The van der Waals surface area contributed by atoms with Gasteiger partial charge in [0.1, 0.15) is 0 Å². The van der Waals surface area contributed by atoms with Crippen LogP contribution in [0.1, 0.15) is 19.3 Å². The molecule has 1 N–H and O–H groups in total. The molecule has 1 amide bonds. The monoisotopic (exact) mass is 258 g/mol. The molecule has 2 atom stereocenters. The van der Waals surface area contributed by atoms with Crippen LogP contribution < -0.4 is 5.32 Å². The minimum atomic E-state index is 0.310. The maximum atomic E-state index is 11.6. The Kier molecular flexibility index (Phi) is 2.93. The molecule has 2 heterocycles. The minimum Gasteiger partial charge on any atom is -0.338 e. The number of rotatable bonds is 3. The maximum Gasteiger partial charge on any atom is 0.224 e. The fourth-order valence-corrected chi connectivity index (χ4v) is 2.57. The third-order valence-corrected chi connectivity index (χ3v) is 3.32. The number of nitrogens with zero attached hydrogens (tertiary/aromatic N) is 1. The molecule has 2 fully saturated rings. The molecule has 2 rings (SSSR count). The summed E-state index contributed by atoms with van der Waals surface area (Å²) in [6, 6.07) is 0.772. The SMILES string of the molecule is C=C(Br)CNC1CC(=O)N2CCCC12. The van der Waals surface area contributed by atoms with Crippen LogP contribution in [0.25, 0.3) is 0 Å². The van der Waals surface area contributed by atoms with Crippen molar-refractivity contribution in [3.8, 4) is 0 Å². The zero-order valence-corrected chi connectivity index (χ0v) is 9.72. The van der Waals surface area contributed by atoms with E-state index in [2.05, 4.69) is 27.8 Å². The first-order chi connectivity index (χ1) is 6.68. The Morgan fingerprint density at radius 2 is 2.50 bits per heavy atom. The van der Waals surface area contributed by atoms with Gasteiger partial charge in [-0.05, 0) is 12.8 Å². The fourth-order valence-electron chi connectivity index (χ4n) is 2.41. The van der Waals surface area contributed by atoms with E-state index < -0.39 is 0 Å². The van der Waals surface area contributed by atoms with Crippen molar-refractivity contribution in [1.29, 1.82) is 0 Å². The van der Waals surface area contributed by atoms with Crippen LogP contribution in [0.3, 0.4) is 0 Å². The van der Waals surface area contributed by atoms with Gasteiger partial charge in [-0.2, -0.15) is 0 Å². The van der Waals surface area contributed by atoms with Gasteiger partial charge in [-0.1, -0.05) is 22.5 Å². The summed E-state index contributed by atoms with van der Waals surface area (Å²) in [5.41, 5.74) is 0. The fraction of sp³-hybridized carbons (Fsp3) is 0.700. The highest BCUT2D eigenvalue weighted by Crippen LogP contribution is 2.29. The van der Waals surface area contributed by atoms with Gasteiger partial charge in [-0.25, -0.2) is 0 Å². The maximum absolute atomic E-state index is 11.6. The Hall–Kier alpha value is -0.350. The predicted molar refractivity (Wildman–Crippen MR) is 59.2 cm³/mol. The molecule has 0 aromatic heterocycles. The quantitative estimate of drug-likeness (QED) is 0.827. The molecule has 4 heteroatoms. The Balaban J connectivity index is 1.93. The van der Waals surface area contributed by atoms with Crippen molar-refractivity contribution in [2.75, 3.05) is 13.1 Å². The molecule has 2 aliphatic rings. The molecule has 0 bridgehead atoms. The summed E-state index contributed by atoms with van der Waals surface area (Å²) in [6.45, 7) is 5.48. The number of halogens is 1. The summed E-state index contributed by atoms with van der Waals surface area (Å²) in [5.74, 6) is 0.310. The van der Waals surface area contributed by atoms with Crippen LogP contribution in [0.2, 0.25) is 0 Å². The van der Waals surface area contributed by atoms with Gasteiger partial charge >= 0.3 is 0 Å². The van der Waals surface area contributed by atoms with Crippen LogP contribution in [-0.4, -0.2) is 36.0 Å². The second-order valence-electron chi connectivity index (χ2n) is 4.01. The molecular formula is C10H15BrN2O. The number of carbonyl (C=O) groups is 1. The van der Waals surface area contributed by atoms with E-state index >= 15 is 0 Å². The average Bonchev–Trinajstić information content (AvgIpc) is 2.67. The lowest BCUT2D eigenvalue weighted by Crippen LogP contribution is -2.39. The summed E-state index contributed by atoms with van der Waals surface area (Å²) in [6.07, 6.45) is 2.97. The number of fused-ring (bicyclic) bond motifs is 1. The Bertz CT molecular complexity index is 267.